The minimum absolute atomic E-state index is 0.182. The van der Waals surface area contributed by atoms with Crippen LogP contribution in [0, 0.1) is 0 Å². The summed E-state index contributed by atoms with van der Waals surface area (Å²) >= 11 is 6.13. The van der Waals surface area contributed by atoms with E-state index in [9.17, 15) is 9.90 Å². The number of nitrogens with zero attached hydrogens (tertiary/aromatic N) is 1. The first-order chi connectivity index (χ1) is 15.0. The first kappa shape index (κ1) is 22.1. The lowest BCUT2D eigenvalue weighted by molar-refractivity contribution is 0.162. The number of amides is 1. The van der Waals surface area contributed by atoms with Crippen LogP contribution in [0.2, 0.25) is 5.02 Å². The molecule has 3 aromatic rings. The van der Waals surface area contributed by atoms with E-state index >= 15 is 0 Å². The molecule has 0 radical (unpaired) electrons. The number of oxime groups is 1. The first-order valence-electron chi connectivity index (χ1n) is 9.29. The number of nitrogens with one attached hydrogen (secondary N) is 1. The Morgan fingerprint density at radius 2 is 1.58 bits per heavy atom. The number of anilines is 1. The number of carbonyl (C=O) groups excluding carboxylic acids is 1. The molecule has 160 valence electrons. The van der Waals surface area contributed by atoms with Gasteiger partial charge in [0.05, 0.1) is 24.9 Å². The molecule has 0 aliphatic carbocycles. The van der Waals surface area contributed by atoms with Gasteiger partial charge in [-0.1, -0.05) is 77.4 Å². The Balaban J connectivity index is 1.84. The third kappa shape index (κ3) is 5.53. The van der Waals surface area contributed by atoms with E-state index in [0.29, 0.717) is 22.6 Å². The summed E-state index contributed by atoms with van der Waals surface area (Å²) in [7, 11) is 2.92. The van der Waals surface area contributed by atoms with Crippen LogP contribution in [0.15, 0.2) is 78.0 Å². The molecule has 1 amide bonds. The largest absolute Gasteiger partial charge is 0.495 e. The summed E-state index contributed by atoms with van der Waals surface area (Å²) in [4.78, 5) is 17.4. The number of hydrogen-bond acceptors (Lipinski definition) is 6. The first-order valence-corrected chi connectivity index (χ1v) is 9.67. The molecule has 8 heteroatoms. The number of methoxy groups -OCH3 is 2. The number of aliphatic hydroxyl groups excluding tert-OH is 1. The Bertz CT molecular complexity index is 1060. The highest BCUT2D eigenvalue weighted by Gasteiger charge is 2.19. The number of hydrogen-bond donors (Lipinski definition) is 2. The van der Waals surface area contributed by atoms with Gasteiger partial charge in [0.15, 0.2) is 0 Å². The summed E-state index contributed by atoms with van der Waals surface area (Å²) in [5.74, 6) is 0.725. The molecule has 3 aromatic carbocycles. The predicted molar refractivity (Wildman–Crippen MR) is 119 cm³/mol. The summed E-state index contributed by atoms with van der Waals surface area (Å²) in [5, 5.41) is 17.6. The van der Waals surface area contributed by atoms with E-state index in [1.807, 2.05) is 12.1 Å². The molecule has 0 bridgehead atoms. The maximum absolute atomic E-state index is 12.4. The standard InChI is InChI=1S/C23H21ClN2O5/c1-29-19-14-20(30-2)18(13-17(19)24)25-23(28)31-26-21(15-9-5-3-6-10-15)22(27)16-11-7-4-8-12-16/h3-14,22,27H,1-2H3,(H,25,28)/b26-21-/t22-/m0/s1. The molecule has 0 aliphatic heterocycles. The second-order valence-corrected chi connectivity index (χ2v) is 6.75. The van der Waals surface area contributed by atoms with Crippen molar-refractivity contribution in [2.45, 2.75) is 6.10 Å². The van der Waals surface area contributed by atoms with Gasteiger partial charge in [0.1, 0.15) is 23.3 Å². The van der Waals surface area contributed by atoms with Crippen molar-refractivity contribution in [3.8, 4) is 11.5 Å². The van der Waals surface area contributed by atoms with Crippen molar-refractivity contribution < 1.29 is 24.2 Å². The molecule has 0 spiro atoms. The second kappa shape index (κ2) is 10.5. The maximum Gasteiger partial charge on any atom is 0.437 e. The van der Waals surface area contributed by atoms with Gasteiger partial charge in [-0.3, -0.25) is 10.2 Å². The predicted octanol–water partition coefficient (Wildman–Crippen LogP) is 5.04. The van der Waals surface area contributed by atoms with Gasteiger partial charge in [-0.2, -0.15) is 0 Å². The van der Waals surface area contributed by atoms with Crippen LogP contribution in [0.1, 0.15) is 17.2 Å². The minimum atomic E-state index is -1.10. The molecule has 0 fully saturated rings. The maximum atomic E-state index is 12.4. The van der Waals surface area contributed by atoms with Gasteiger partial charge < -0.3 is 14.6 Å². The monoisotopic (exact) mass is 440 g/mol. The molecule has 2 N–H and O–H groups in total. The number of carbonyl (C=O) groups is 1. The lowest BCUT2D eigenvalue weighted by Gasteiger charge is -2.15. The number of aliphatic hydroxyl groups is 1. The smallest absolute Gasteiger partial charge is 0.437 e. The molecule has 0 saturated carbocycles. The fourth-order valence-electron chi connectivity index (χ4n) is 2.84. The highest BCUT2D eigenvalue weighted by Crippen LogP contribution is 2.36. The van der Waals surface area contributed by atoms with E-state index in [2.05, 4.69) is 10.5 Å². The molecule has 0 heterocycles. The van der Waals surface area contributed by atoms with Gasteiger partial charge in [-0.05, 0) is 11.6 Å². The van der Waals surface area contributed by atoms with Crippen molar-refractivity contribution in [1.82, 2.24) is 0 Å². The topological polar surface area (TPSA) is 89.4 Å². The lowest BCUT2D eigenvalue weighted by atomic mass is 9.99. The molecule has 1 atom stereocenters. The summed E-state index contributed by atoms with van der Waals surface area (Å²) in [6, 6.07) is 20.9. The summed E-state index contributed by atoms with van der Waals surface area (Å²) in [5.41, 5.74) is 1.68. The SMILES string of the molecule is COc1cc(OC)c(NC(=O)O/N=C(/c2ccccc2)[C@@H](O)c2ccccc2)cc1Cl. The van der Waals surface area contributed by atoms with Gasteiger partial charge in [-0.15, -0.1) is 0 Å². The fraction of sp³-hybridized carbons (Fsp3) is 0.130. The lowest BCUT2D eigenvalue weighted by Crippen LogP contribution is -2.17. The van der Waals surface area contributed by atoms with E-state index in [1.165, 1.54) is 26.4 Å². The third-order valence-corrected chi connectivity index (χ3v) is 4.68. The Labute approximate surface area is 184 Å². The van der Waals surface area contributed by atoms with Crippen LogP contribution >= 0.6 is 11.6 Å². The Kier molecular flexibility index (Phi) is 7.48. The zero-order valence-corrected chi connectivity index (χ0v) is 17.7. The zero-order chi connectivity index (χ0) is 22.2. The van der Waals surface area contributed by atoms with Crippen molar-refractivity contribution in [3.63, 3.8) is 0 Å². The van der Waals surface area contributed by atoms with Crippen LogP contribution in [-0.2, 0) is 4.84 Å². The number of benzene rings is 3. The van der Waals surface area contributed by atoms with Crippen LogP contribution in [0.4, 0.5) is 10.5 Å². The van der Waals surface area contributed by atoms with Gasteiger partial charge in [-0.25, -0.2) is 4.79 Å². The van der Waals surface area contributed by atoms with Crippen molar-refractivity contribution in [2.24, 2.45) is 5.16 Å². The van der Waals surface area contributed by atoms with E-state index in [1.54, 1.807) is 48.5 Å². The average Bonchev–Trinajstić information content (AvgIpc) is 2.80. The summed E-state index contributed by atoms with van der Waals surface area (Å²) in [6.45, 7) is 0. The molecule has 31 heavy (non-hydrogen) atoms. The van der Waals surface area contributed by atoms with Crippen molar-refractivity contribution in [2.75, 3.05) is 19.5 Å². The highest BCUT2D eigenvalue weighted by molar-refractivity contribution is 6.32. The number of halogens is 1. The fourth-order valence-corrected chi connectivity index (χ4v) is 3.08. The van der Waals surface area contributed by atoms with Crippen molar-refractivity contribution in [3.05, 3.63) is 88.9 Å². The minimum Gasteiger partial charge on any atom is -0.495 e. The Hall–Kier alpha value is -3.55. The van der Waals surface area contributed by atoms with E-state index in [-0.39, 0.29) is 16.4 Å². The number of rotatable bonds is 7. The molecule has 0 saturated heterocycles. The van der Waals surface area contributed by atoms with Crippen LogP contribution < -0.4 is 14.8 Å². The second-order valence-electron chi connectivity index (χ2n) is 6.35. The van der Waals surface area contributed by atoms with Crippen LogP contribution in [-0.4, -0.2) is 31.1 Å². The van der Waals surface area contributed by atoms with Gasteiger partial charge >= 0.3 is 6.09 Å². The zero-order valence-electron chi connectivity index (χ0n) is 16.9. The summed E-state index contributed by atoms with van der Waals surface area (Å²) in [6.07, 6.45) is -1.98. The quantitative estimate of drug-likeness (QED) is 0.305. The third-order valence-electron chi connectivity index (χ3n) is 4.38. The van der Waals surface area contributed by atoms with Gasteiger partial charge in [0.25, 0.3) is 0 Å². The molecule has 0 unspecified atom stereocenters. The van der Waals surface area contributed by atoms with Crippen LogP contribution in [0.5, 0.6) is 11.5 Å². The van der Waals surface area contributed by atoms with Gasteiger partial charge in [0, 0.05) is 11.6 Å². The Morgan fingerprint density at radius 1 is 0.968 bits per heavy atom. The molecular weight excluding hydrogens is 420 g/mol. The van der Waals surface area contributed by atoms with Crippen molar-refractivity contribution >= 4 is 29.1 Å². The number of ether oxygens (including phenoxy) is 2. The van der Waals surface area contributed by atoms with Crippen molar-refractivity contribution in [1.29, 1.82) is 0 Å². The molecule has 3 rings (SSSR count). The normalized spacial score (nSPS) is 12.1. The van der Waals surface area contributed by atoms with Crippen LogP contribution in [0.25, 0.3) is 0 Å². The molecule has 0 aromatic heterocycles. The van der Waals surface area contributed by atoms with Crippen LogP contribution in [0.3, 0.4) is 0 Å². The summed E-state index contributed by atoms with van der Waals surface area (Å²) < 4.78 is 10.4. The van der Waals surface area contributed by atoms with E-state index in [4.69, 9.17) is 25.9 Å². The molecule has 0 aliphatic rings. The Morgan fingerprint density at radius 3 is 2.19 bits per heavy atom. The highest BCUT2D eigenvalue weighted by atomic mass is 35.5. The van der Waals surface area contributed by atoms with Gasteiger partial charge in [0.2, 0.25) is 0 Å². The van der Waals surface area contributed by atoms with E-state index in [0.717, 1.165) is 0 Å². The molecular formula is C23H21ClN2O5. The van der Waals surface area contributed by atoms with E-state index < -0.39 is 12.2 Å². The molecule has 7 nitrogen and oxygen atoms in total. The average molecular weight is 441 g/mol.